The first kappa shape index (κ1) is 15.8. The summed E-state index contributed by atoms with van der Waals surface area (Å²) in [5.41, 5.74) is 7.07. The summed E-state index contributed by atoms with van der Waals surface area (Å²) in [5, 5.41) is 0. The van der Waals surface area contributed by atoms with Crippen molar-refractivity contribution in [1.82, 2.24) is 0 Å². The maximum absolute atomic E-state index is 13.8. The zero-order chi connectivity index (χ0) is 15.2. The van der Waals surface area contributed by atoms with Crippen molar-refractivity contribution >= 4 is 15.9 Å². The summed E-state index contributed by atoms with van der Waals surface area (Å²) >= 11 is 3.23. The third-order valence-corrected chi connectivity index (χ3v) is 3.57. The van der Waals surface area contributed by atoms with E-state index in [1.807, 2.05) is 18.2 Å². The first-order valence-corrected chi connectivity index (χ1v) is 7.37. The van der Waals surface area contributed by atoms with Crippen molar-refractivity contribution in [1.29, 1.82) is 0 Å². The van der Waals surface area contributed by atoms with Crippen LogP contribution in [0.5, 0.6) is 11.5 Å². The molecular formula is C16H17BrFNO2. The number of benzene rings is 2. The topological polar surface area (TPSA) is 44.5 Å². The summed E-state index contributed by atoms with van der Waals surface area (Å²) in [4.78, 5) is 0. The summed E-state index contributed by atoms with van der Waals surface area (Å²) in [6.45, 7) is 0.680. The van der Waals surface area contributed by atoms with Crippen molar-refractivity contribution in [3.8, 4) is 11.5 Å². The Balaban J connectivity index is 2.15. The summed E-state index contributed by atoms with van der Waals surface area (Å²) in [5.74, 6) is 1.16. The minimum atomic E-state index is -0.293. The predicted molar refractivity (Wildman–Crippen MR) is 84.2 cm³/mol. The molecule has 0 spiro atoms. The highest BCUT2D eigenvalue weighted by Crippen LogP contribution is 2.26. The number of rotatable bonds is 6. The molecule has 0 saturated carbocycles. The van der Waals surface area contributed by atoms with Gasteiger partial charge in [0, 0.05) is 10.0 Å². The molecule has 112 valence electrons. The number of hydrogen-bond donors (Lipinski definition) is 1. The molecule has 0 unspecified atom stereocenters. The van der Waals surface area contributed by atoms with Crippen molar-refractivity contribution < 1.29 is 13.9 Å². The fraction of sp³-hybridized carbons (Fsp3) is 0.250. The Morgan fingerprint density at radius 2 is 1.95 bits per heavy atom. The first-order chi connectivity index (χ1) is 10.1. The lowest BCUT2D eigenvalue weighted by atomic mass is 10.1. The van der Waals surface area contributed by atoms with Gasteiger partial charge in [0.25, 0.3) is 0 Å². The number of halogens is 2. The van der Waals surface area contributed by atoms with Gasteiger partial charge in [-0.05, 0) is 48.9 Å². The van der Waals surface area contributed by atoms with Crippen LogP contribution >= 0.6 is 15.9 Å². The second kappa shape index (κ2) is 7.43. The van der Waals surface area contributed by atoms with E-state index in [9.17, 15) is 4.39 Å². The van der Waals surface area contributed by atoms with Gasteiger partial charge in [-0.1, -0.05) is 22.0 Å². The predicted octanol–water partition coefficient (Wildman–Crippen LogP) is 3.68. The fourth-order valence-corrected chi connectivity index (χ4v) is 2.30. The molecule has 0 aliphatic rings. The highest BCUT2D eigenvalue weighted by Gasteiger charge is 2.08. The Morgan fingerprint density at radius 3 is 2.62 bits per heavy atom. The molecular weight excluding hydrogens is 337 g/mol. The molecule has 2 rings (SSSR count). The highest BCUT2D eigenvalue weighted by molar-refractivity contribution is 9.10. The van der Waals surface area contributed by atoms with E-state index < -0.39 is 0 Å². The molecule has 0 bridgehead atoms. The summed E-state index contributed by atoms with van der Waals surface area (Å²) < 4.78 is 25.4. The van der Waals surface area contributed by atoms with E-state index in [0.717, 1.165) is 11.3 Å². The van der Waals surface area contributed by atoms with Crippen LogP contribution < -0.4 is 15.2 Å². The molecule has 0 aliphatic carbocycles. The average Bonchev–Trinajstić information content (AvgIpc) is 2.47. The van der Waals surface area contributed by atoms with Crippen molar-refractivity contribution in [3.63, 3.8) is 0 Å². The number of hydrogen-bond acceptors (Lipinski definition) is 3. The van der Waals surface area contributed by atoms with E-state index in [0.29, 0.717) is 28.8 Å². The van der Waals surface area contributed by atoms with E-state index >= 15 is 0 Å². The Kier molecular flexibility index (Phi) is 5.59. The summed E-state index contributed by atoms with van der Waals surface area (Å²) in [7, 11) is 1.61. The first-order valence-electron chi connectivity index (χ1n) is 6.57. The second-order valence-corrected chi connectivity index (χ2v) is 5.45. The SMILES string of the molecule is COc1ccc(OCc2ccc(Br)cc2F)c(CCN)c1. The van der Waals surface area contributed by atoms with Gasteiger partial charge in [-0.2, -0.15) is 0 Å². The van der Waals surface area contributed by atoms with Crippen LogP contribution in [-0.4, -0.2) is 13.7 Å². The molecule has 3 nitrogen and oxygen atoms in total. The molecule has 0 heterocycles. The van der Waals surface area contributed by atoms with Crippen LogP contribution in [0.15, 0.2) is 40.9 Å². The van der Waals surface area contributed by atoms with Crippen molar-refractivity contribution in [2.24, 2.45) is 5.73 Å². The Hall–Kier alpha value is -1.59. The van der Waals surface area contributed by atoms with Crippen LogP contribution in [0, 0.1) is 5.82 Å². The number of methoxy groups -OCH3 is 1. The zero-order valence-corrected chi connectivity index (χ0v) is 13.3. The smallest absolute Gasteiger partial charge is 0.130 e. The quantitative estimate of drug-likeness (QED) is 0.861. The maximum atomic E-state index is 13.8. The lowest BCUT2D eigenvalue weighted by Crippen LogP contribution is -2.06. The van der Waals surface area contributed by atoms with Gasteiger partial charge in [-0.15, -0.1) is 0 Å². The minimum absolute atomic E-state index is 0.170. The van der Waals surface area contributed by atoms with Crippen LogP contribution in [0.4, 0.5) is 4.39 Å². The van der Waals surface area contributed by atoms with Crippen LogP contribution in [-0.2, 0) is 13.0 Å². The third kappa shape index (κ3) is 4.19. The monoisotopic (exact) mass is 353 g/mol. The second-order valence-electron chi connectivity index (χ2n) is 4.54. The van der Waals surface area contributed by atoms with Gasteiger partial charge in [-0.25, -0.2) is 4.39 Å². The lowest BCUT2D eigenvalue weighted by molar-refractivity contribution is 0.296. The van der Waals surface area contributed by atoms with Crippen LogP contribution in [0.25, 0.3) is 0 Å². The Labute approximate surface area is 132 Å². The van der Waals surface area contributed by atoms with Crippen LogP contribution in [0.1, 0.15) is 11.1 Å². The van der Waals surface area contributed by atoms with Crippen molar-refractivity contribution in [2.75, 3.05) is 13.7 Å². The van der Waals surface area contributed by atoms with E-state index in [2.05, 4.69) is 15.9 Å². The van der Waals surface area contributed by atoms with Gasteiger partial charge in [0.05, 0.1) is 7.11 Å². The Bertz CT molecular complexity index is 619. The number of ether oxygens (including phenoxy) is 2. The normalized spacial score (nSPS) is 10.5. The standard InChI is InChI=1S/C16H17BrFNO2/c1-20-14-4-5-16(11(8-14)6-7-19)21-10-12-2-3-13(17)9-15(12)18/h2-5,8-9H,6-7,10,19H2,1H3. The van der Waals surface area contributed by atoms with Gasteiger partial charge >= 0.3 is 0 Å². The Morgan fingerprint density at radius 1 is 1.14 bits per heavy atom. The lowest BCUT2D eigenvalue weighted by Gasteiger charge is -2.13. The molecule has 2 N–H and O–H groups in total. The molecule has 2 aromatic carbocycles. The highest BCUT2D eigenvalue weighted by atomic mass is 79.9. The minimum Gasteiger partial charge on any atom is -0.497 e. The molecule has 0 aromatic heterocycles. The molecule has 0 radical (unpaired) electrons. The van der Waals surface area contributed by atoms with E-state index in [-0.39, 0.29) is 12.4 Å². The zero-order valence-electron chi connectivity index (χ0n) is 11.7. The number of nitrogens with two attached hydrogens (primary N) is 1. The van der Waals surface area contributed by atoms with Gasteiger partial charge < -0.3 is 15.2 Å². The maximum Gasteiger partial charge on any atom is 0.130 e. The van der Waals surface area contributed by atoms with E-state index in [4.69, 9.17) is 15.2 Å². The van der Waals surface area contributed by atoms with E-state index in [1.54, 1.807) is 19.2 Å². The molecule has 2 aromatic rings. The van der Waals surface area contributed by atoms with Gasteiger partial charge in [0.1, 0.15) is 23.9 Å². The fourth-order valence-electron chi connectivity index (χ4n) is 1.97. The largest absolute Gasteiger partial charge is 0.497 e. The summed E-state index contributed by atoms with van der Waals surface area (Å²) in [6, 6.07) is 10.4. The van der Waals surface area contributed by atoms with Gasteiger partial charge in [0.2, 0.25) is 0 Å². The molecule has 5 heteroatoms. The van der Waals surface area contributed by atoms with Gasteiger partial charge in [-0.3, -0.25) is 0 Å². The molecule has 0 aliphatic heterocycles. The van der Waals surface area contributed by atoms with Crippen LogP contribution in [0.2, 0.25) is 0 Å². The third-order valence-electron chi connectivity index (χ3n) is 3.08. The van der Waals surface area contributed by atoms with Crippen LogP contribution in [0.3, 0.4) is 0 Å². The molecule has 21 heavy (non-hydrogen) atoms. The van der Waals surface area contributed by atoms with Crippen molar-refractivity contribution in [2.45, 2.75) is 13.0 Å². The van der Waals surface area contributed by atoms with Crippen molar-refractivity contribution in [3.05, 3.63) is 57.8 Å². The summed E-state index contributed by atoms with van der Waals surface area (Å²) in [6.07, 6.45) is 0.676. The van der Waals surface area contributed by atoms with Gasteiger partial charge in [0.15, 0.2) is 0 Å². The molecule has 0 atom stereocenters. The average molecular weight is 354 g/mol. The molecule has 0 amide bonds. The van der Waals surface area contributed by atoms with E-state index in [1.165, 1.54) is 6.07 Å². The molecule has 0 saturated heterocycles. The molecule has 0 fully saturated rings.